The third kappa shape index (κ3) is 1.94. The zero-order valence-electron chi connectivity index (χ0n) is 1.84. The van der Waals surface area contributed by atoms with Crippen LogP contribution in [0.25, 0.3) is 0 Å². The van der Waals surface area contributed by atoms with Crippen molar-refractivity contribution in [2.24, 2.45) is 0 Å². The summed E-state index contributed by atoms with van der Waals surface area (Å²) in [5.41, 5.74) is 0. The lowest BCUT2D eigenvalue weighted by Crippen LogP contribution is -1.77. The molecule has 0 rings (SSSR count). The summed E-state index contributed by atoms with van der Waals surface area (Å²) in [5, 5.41) is 9.85. The van der Waals surface area contributed by atoms with Gasteiger partial charge in [0, 0.05) is 0 Å². The molecule has 0 aromatic heterocycles. The van der Waals surface area contributed by atoms with Gasteiger partial charge in [-0.15, -0.1) is 0 Å². The van der Waals surface area contributed by atoms with Gasteiger partial charge in [-0.3, -0.25) is 4.81 Å². The van der Waals surface area contributed by atoms with Crippen LogP contribution < -0.4 is 0 Å². The molecule has 0 saturated carbocycles. The van der Waals surface area contributed by atoms with E-state index in [4.69, 9.17) is 5.26 Å². The monoisotopic (exact) mass is 60.0 g/mol. The van der Waals surface area contributed by atoms with Crippen LogP contribution in [-0.4, -0.2) is 13.3 Å². The molecule has 4 heavy (non-hydrogen) atoms. The molecule has 0 aromatic rings. The minimum Gasteiger partial charge on any atom is -0.289 e. The van der Waals surface area contributed by atoms with Gasteiger partial charge in [0.25, 0.3) is 0 Å². The molecule has 0 fully saturated rings. The van der Waals surface area contributed by atoms with E-state index in [0.717, 1.165) is 0 Å². The van der Waals surface area contributed by atoms with Crippen LogP contribution in [0.5, 0.6) is 0 Å². The van der Waals surface area contributed by atoms with Crippen LogP contribution in [0.3, 0.4) is 0 Å². The lowest BCUT2D eigenvalue weighted by Gasteiger charge is -1.75. The van der Waals surface area contributed by atoms with E-state index in [0.29, 0.717) is 0 Å². The zero-order valence-corrected chi connectivity index (χ0v) is 1.84. The Morgan fingerprint density at radius 3 is 2.00 bits per heavy atom. The summed E-state index contributed by atoms with van der Waals surface area (Å²) < 4.78 is 0. The highest BCUT2D eigenvalue weighted by molar-refractivity contribution is 5.97. The highest BCUT2D eigenvalue weighted by atomic mass is 17.5. The Bertz CT molecular complexity index is 5.25. The standard InChI is InChI=1S/BHO3/c1-3-4-2/h2H. The molecule has 4 heteroatoms. The first-order chi connectivity index (χ1) is 1.91. The molecule has 0 aliphatic carbocycles. The lowest BCUT2D eigenvalue weighted by atomic mass is 10.6. The average Bonchev–Trinajstić information content (AvgIpc) is 1.37. The van der Waals surface area contributed by atoms with Gasteiger partial charge in [0.15, 0.2) is 0 Å². The Balaban J connectivity index is 1.97. The number of hydrogen-bond donors (Lipinski definition) is 1. The van der Waals surface area contributed by atoms with Crippen LogP contribution in [0.4, 0.5) is 0 Å². The van der Waals surface area contributed by atoms with Gasteiger partial charge in [-0.1, -0.05) is 5.04 Å². The number of hydrogen-bond acceptors (Lipinski definition) is 3. The van der Waals surface area contributed by atoms with E-state index in [1.54, 1.807) is 0 Å². The van der Waals surface area contributed by atoms with Gasteiger partial charge >= 0.3 is 8.05 Å². The van der Waals surface area contributed by atoms with Gasteiger partial charge in [0.05, 0.1) is 0 Å². The van der Waals surface area contributed by atoms with Crippen molar-refractivity contribution in [3.05, 3.63) is 0 Å². The Morgan fingerprint density at radius 1 is 1.75 bits per heavy atom. The van der Waals surface area contributed by atoms with E-state index < -0.39 is 0 Å². The fraction of sp³-hybridized carbons (Fsp3) is 0. The maximum absolute atomic E-state index is 7.03. The Hall–Kier alpha value is -0.0551. The van der Waals surface area contributed by atoms with E-state index >= 15 is 0 Å². The van der Waals surface area contributed by atoms with Crippen LogP contribution in [0.2, 0.25) is 0 Å². The fourth-order valence-electron chi connectivity index (χ4n) is 0. The minimum absolute atomic E-state index is 2.82. The highest BCUT2D eigenvalue weighted by Crippen LogP contribution is 1.48. The molecule has 0 bridgehead atoms. The van der Waals surface area contributed by atoms with E-state index in [1.165, 1.54) is 0 Å². The summed E-state index contributed by atoms with van der Waals surface area (Å²) >= 11 is 0. The number of rotatable bonds is 1. The predicted molar refractivity (Wildman–Crippen MR) is 10.6 cm³/mol. The maximum Gasteiger partial charge on any atom is 0.342 e. The molecule has 1 N–H and O–H groups in total. The zero-order chi connectivity index (χ0) is 3.41. The predicted octanol–water partition coefficient (Wildman–Crippen LogP) is -0.509. The summed E-state index contributed by atoms with van der Waals surface area (Å²) in [7, 11) is 4.06. The van der Waals surface area contributed by atoms with Crippen LogP contribution in [0.15, 0.2) is 0 Å². The largest absolute Gasteiger partial charge is 0.342 e. The van der Waals surface area contributed by atoms with Crippen LogP contribution >= 0.6 is 0 Å². The normalized spacial score (nSPS) is 7.25. The minimum atomic E-state index is 2.82. The van der Waals surface area contributed by atoms with Gasteiger partial charge in [0.1, 0.15) is 0 Å². The second-order valence-corrected chi connectivity index (χ2v) is 0.171. The second-order valence-electron chi connectivity index (χ2n) is 0.171. The van der Waals surface area contributed by atoms with E-state index in [-0.39, 0.29) is 0 Å². The Morgan fingerprint density at radius 2 is 2.00 bits per heavy atom. The van der Waals surface area contributed by atoms with E-state index in [1.807, 2.05) is 0 Å². The van der Waals surface area contributed by atoms with Crippen LogP contribution in [0.1, 0.15) is 0 Å². The van der Waals surface area contributed by atoms with Crippen molar-refractivity contribution >= 4 is 8.05 Å². The Kier molecular flexibility index (Phi) is 2.90. The van der Waals surface area contributed by atoms with Crippen molar-refractivity contribution in [3.8, 4) is 0 Å². The highest BCUT2D eigenvalue weighted by Gasteiger charge is 1.52. The van der Waals surface area contributed by atoms with Gasteiger partial charge in [-0.2, -0.15) is 0 Å². The molecule has 0 spiro atoms. The molecule has 2 radical (unpaired) electrons. The summed E-state index contributed by atoms with van der Waals surface area (Å²) in [6.07, 6.45) is 0. The first kappa shape index (κ1) is 3.94. The summed E-state index contributed by atoms with van der Waals surface area (Å²) in [6, 6.07) is 0. The summed E-state index contributed by atoms with van der Waals surface area (Å²) in [5.74, 6) is 0. The molecular formula is HBO3. The van der Waals surface area contributed by atoms with Crippen LogP contribution in [-0.2, 0) is 9.84 Å². The SMILES string of the molecule is [B]OOO. The van der Waals surface area contributed by atoms with Crippen molar-refractivity contribution in [1.82, 2.24) is 0 Å². The van der Waals surface area contributed by atoms with Crippen LogP contribution in [0, 0.1) is 0 Å². The van der Waals surface area contributed by atoms with Crippen molar-refractivity contribution in [1.29, 1.82) is 0 Å². The molecule has 0 amide bonds. The molecule has 0 saturated heterocycles. The fourth-order valence-corrected chi connectivity index (χ4v) is 0. The summed E-state index contributed by atoms with van der Waals surface area (Å²) in [4.78, 5) is 3.10. The lowest BCUT2D eigenvalue weighted by molar-refractivity contribution is -0.439. The quantitative estimate of drug-likeness (QED) is 0.251. The molecular weight excluding hydrogens is 58.8 g/mol. The molecule has 0 aliphatic rings. The molecule has 0 aliphatic heterocycles. The first-order valence-electron chi connectivity index (χ1n) is 0.585. The second kappa shape index (κ2) is 2.94. The van der Waals surface area contributed by atoms with Crippen molar-refractivity contribution in [3.63, 3.8) is 0 Å². The third-order valence-corrected chi connectivity index (χ3v) is 0.0430. The molecule has 0 atom stereocenters. The van der Waals surface area contributed by atoms with Gasteiger partial charge in [0.2, 0.25) is 0 Å². The van der Waals surface area contributed by atoms with Gasteiger partial charge < -0.3 is 0 Å². The Labute approximate surface area is 24.4 Å². The average molecular weight is 59.8 g/mol. The molecule has 0 aromatic carbocycles. The van der Waals surface area contributed by atoms with Gasteiger partial charge in [-0.25, -0.2) is 5.26 Å². The van der Waals surface area contributed by atoms with Crippen molar-refractivity contribution < 1.29 is 15.1 Å². The molecule has 0 heterocycles. The molecule has 3 nitrogen and oxygen atoms in total. The smallest absolute Gasteiger partial charge is 0.289 e. The molecule has 22 valence electrons. The van der Waals surface area contributed by atoms with Crippen molar-refractivity contribution in [2.45, 2.75) is 0 Å². The van der Waals surface area contributed by atoms with Crippen molar-refractivity contribution in [2.75, 3.05) is 0 Å². The maximum atomic E-state index is 7.03. The van der Waals surface area contributed by atoms with Gasteiger partial charge in [-0.05, 0) is 0 Å². The first-order valence-corrected chi connectivity index (χ1v) is 0.585. The summed E-state index contributed by atoms with van der Waals surface area (Å²) in [6.45, 7) is 0. The van der Waals surface area contributed by atoms with E-state index in [9.17, 15) is 0 Å². The van der Waals surface area contributed by atoms with E-state index in [2.05, 4.69) is 17.9 Å². The third-order valence-electron chi connectivity index (χ3n) is 0.0430. The molecule has 0 unspecified atom stereocenters. The topological polar surface area (TPSA) is 38.7 Å².